The van der Waals surface area contributed by atoms with Gasteiger partial charge in [-0.05, 0) is 24.6 Å². The summed E-state index contributed by atoms with van der Waals surface area (Å²) in [6.07, 6.45) is 1.96. The van der Waals surface area contributed by atoms with Gasteiger partial charge in [0, 0.05) is 31.1 Å². The van der Waals surface area contributed by atoms with Gasteiger partial charge in [0.05, 0.1) is 0 Å². The van der Waals surface area contributed by atoms with Crippen molar-refractivity contribution in [1.82, 2.24) is 14.8 Å². The highest BCUT2D eigenvalue weighted by Crippen LogP contribution is 2.21. The molecule has 23 heavy (non-hydrogen) atoms. The lowest BCUT2D eigenvalue weighted by atomic mass is 10.2. The summed E-state index contributed by atoms with van der Waals surface area (Å²) < 4.78 is 8.79. The van der Waals surface area contributed by atoms with Crippen molar-refractivity contribution in [3.63, 3.8) is 0 Å². The summed E-state index contributed by atoms with van der Waals surface area (Å²) in [4.78, 5) is 4.70. The van der Waals surface area contributed by atoms with E-state index in [0.29, 0.717) is 6.73 Å². The standard InChI is InChI=1S/C17H26BrN3OSi/c1-5-7-16-19-17(14-8-6-9-15(18)12-14)20-21(16)13-22-10-11-23(2,3)4/h6,8-9,12H,5,7,10-11,13H2,1-4H3. The fraction of sp³-hybridized carbons (Fsp3) is 0.529. The third-order valence-electron chi connectivity index (χ3n) is 3.51. The minimum absolute atomic E-state index is 0.487. The molecule has 0 aliphatic heterocycles. The minimum atomic E-state index is -1.05. The van der Waals surface area contributed by atoms with Crippen molar-refractivity contribution in [2.45, 2.75) is 52.2 Å². The normalized spacial score (nSPS) is 11.9. The lowest BCUT2D eigenvalue weighted by Gasteiger charge is -2.15. The molecule has 2 aromatic rings. The minimum Gasteiger partial charge on any atom is -0.359 e. The van der Waals surface area contributed by atoms with E-state index in [4.69, 9.17) is 9.72 Å². The van der Waals surface area contributed by atoms with Crippen molar-refractivity contribution in [3.8, 4) is 11.4 Å². The molecular formula is C17H26BrN3OSi. The van der Waals surface area contributed by atoms with Crippen LogP contribution in [-0.2, 0) is 17.9 Å². The average molecular weight is 396 g/mol. The molecule has 0 aliphatic carbocycles. The molecule has 2 rings (SSSR count). The van der Waals surface area contributed by atoms with Crippen LogP contribution in [0.3, 0.4) is 0 Å². The average Bonchev–Trinajstić information content (AvgIpc) is 2.86. The summed E-state index contributed by atoms with van der Waals surface area (Å²) >= 11 is 3.50. The molecule has 0 aliphatic rings. The fourth-order valence-corrected chi connectivity index (χ4v) is 3.32. The summed E-state index contributed by atoms with van der Waals surface area (Å²) in [5, 5.41) is 4.65. The molecule has 6 heteroatoms. The van der Waals surface area contributed by atoms with Gasteiger partial charge in [0.1, 0.15) is 12.6 Å². The molecule has 0 saturated carbocycles. The summed E-state index contributed by atoms with van der Waals surface area (Å²) in [5.41, 5.74) is 1.03. The van der Waals surface area contributed by atoms with Crippen molar-refractivity contribution in [2.24, 2.45) is 0 Å². The van der Waals surface area contributed by atoms with Gasteiger partial charge < -0.3 is 4.74 Å². The highest BCUT2D eigenvalue weighted by molar-refractivity contribution is 9.10. The molecule has 0 fully saturated rings. The maximum atomic E-state index is 5.84. The molecule has 1 aromatic carbocycles. The smallest absolute Gasteiger partial charge is 0.181 e. The van der Waals surface area contributed by atoms with Gasteiger partial charge in [-0.2, -0.15) is 0 Å². The number of hydrogen-bond donors (Lipinski definition) is 0. The van der Waals surface area contributed by atoms with Gasteiger partial charge in [-0.1, -0.05) is 54.6 Å². The predicted octanol–water partition coefficient (Wildman–Crippen LogP) is 4.97. The number of nitrogens with zero attached hydrogens (tertiary/aromatic N) is 3. The predicted molar refractivity (Wildman–Crippen MR) is 101 cm³/mol. The molecule has 0 bridgehead atoms. The molecule has 0 atom stereocenters. The van der Waals surface area contributed by atoms with E-state index in [1.807, 2.05) is 28.9 Å². The van der Waals surface area contributed by atoms with Crippen LogP contribution in [0.2, 0.25) is 25.7 Å². The van der Waals surface area contributed by atoms with Crippen molar-refractivity contribution < 1.29 is 4.74 Å². The van der Waals surface area contributed by atoms with E-state index >= 15 is 0 Å². The van der Waals surface area contributed by atoms with E-state index in [1.165, 1.54) is 6.04 Å². The summed E-state index contributed by atoms with van der Waals surface area (Å²) in [7, 11) is -1.05. The quantitative estimate of drug-likeness (QED) is 0.467. The Morgan fingerprint density at radius 3 is 2.70 bits per heavy atom. The summed E-state index contributed by atoms with van der Waals surface area (Å²) in [6.45, 7) is 10.5. The first kappa shape index (κ1) is 18.4. The number of rotatable bonds is 8. The van der Waals surface area contributed by atoms with E-state index in [2.05, 4.69) is 47.6 Å². The Morgan fingerprint density at radius 1 is 1.26 bits per heavy atom. The largest absolute Gasteiger partial charge is 0.359 e. The van der Waals surface area contributed by atoms with Crippen LogP contribution in [0.5, 0.6) is 0 Å². The van der Waals surface area contributed by atoms with Crippen LogP contribution in [0, 0.1) is 0 Å². The van der Waals surface area contributed by atoms with Gasteiger partial charge in [0.25, 0.3) is 0 Å². The number of benzene rings is 1. The number of halogens is 1. The van der Waals surface area contributed by atoms with Crippen LogP contribution >= 0.6 is 15.9 Å². The molecule has 126 valence electrons. The molecule has 0 spiro atoms. The first-order valence-corrected chi connectivity index (χ1v) is 12.7. The topological polar surface area (TPSA) is 39.9 Å². The SMILES string of the molecule is CCCc1nc(-c2cccc(Br)c2)nn1COCC[Si](C)(C)C. The van der Waals surface area contributed by atoms with Crippen LogP contribution in [0.15, 0.2) is 28.7 Å². The maximum absolute atomic E-state index is 5.84. The Hall–Kier alpha value is -0.983. The zero-order valence-electron chi connectivity index (χ0n) is 14.5. The van der Waals surface area contributed by atoms with Gasteiger partial charge in [-0.25, -0.2) is 9.67 Å². The number of aryl methyl sites for hydroxylation is 1. The Morgan fingerprint density at radius 2 is 2.04 bits per heavy atom. The molecule has 0 N–H and O–H groups in total. The monoisotopic (exact) mass is 395 g/mol. The Balaban J connectivity index is 2.09. The molecule has 0 radical (unpaired) electrons. The van der Waals surface area contributed by atoms with Crippen LogP contribution in [-0.4, -0.2) is 29.4 Å². The lowest BCUT2D eigenvalue weighted by Crippen LogP contribution is -2.22. The van der Waals surface area contributed by atoms with Crippen LogP contribution in [0.25, 0.3) is 11.4 Å². The second kappa shape index (κ2) is 8.21. The third-order valence-corrected chi connectivity index (χ3v) is 5.71. The highest BCUT2D eigenvalue weighted by Gasteiger charge is 2.14. The molecule has 0 saturated heterocycles. The summed E-state index contributed by atoms with van der Waals surface area (Å²) in [5.74, 6) is 1.76. The zero-order chi connectivity index (χ0) is 16.9. The second-order valence-electron chi connectivity index (χ2n) is 6.96. The van der Waals surface area contributed by atoms with Crippen LogP contribution < -0.4 is 0 Å². The van der Waals surface area contributed by atoms with E-state index in [0.717, 1.165) is 41.1 Å². The number of aromatic nitrogens is 3. The Bertz CT molecular complexity index is 637. The van der Waals surface area contributed by atoms with Crippen LogP contribution in [0.1, 0.15) is 19.2 Å². The molecular weight excluding hydrogens is 370 g/mol. The Kier molecular flexibility index (Phi) is 6.56. The molecule has 4 nitrogen and oxygen atoms in total. The van der Waals surface area contributed by atoms with Crippen molar-refractivity contribution >= 4 is 24.0 Å². The van der Waals surface area contributed by atoms with Crippen LogP contribution in [0.4, 0.5) is 0 Å². The molecule has 0 amide bonds. The molecule has 1 aromatic heterocycles. The van der Waals surface area contributed by atoms with E-state index in [1.54, 1.807) is 0 Å². The fourth-order valence-electron chi connectivity index (χ4n) is 2.17. The molecule has 1 heterocycles. The first-order valence-electron chi connectivity index (χ1n) is 8.16. The number of hydrogen-bond acceptors (Lipinski definition) is 3. The summed E-state index contributed by atoms with van der Waals surface area (Å²) in [6, 6.07) is 9.26. The second-order valence-corrected chi connectivity index (χ2v) is 13.5. The highest BCUT2D eigenvalue weighted by atomic mass is 79.9. The zero-order valence-corrected chi connectivity index (χ0v) is 17.1. The Labute approximate surface area is 148 Å². The third kappa shape index (κ3) is 5.86. The first-order chi connectivity index (χ1) is 10.9. The van der Waals surface area contributed by atoms with E-state index < -0.39 is 8.07 Å². The van der Waals surface area contributed by atoms with Gasteiger partial charge in [0.2, 0.25) is 0 Å². The number of ether oxygens (including phenoxy) is 1. The maximum Gasteiger partial charge on any atom is 0.181 e. The van der Waals surface area contributed by atoms with Gasteiger partial charge in [-0.15, -0.1) is 5.10 Å². The van der Waals surface area contributed by atoms with Gasteiger partial charge in [0.15, 0.2) is 5.82 Å². The lowest BCUT2D eigenvalue weighted by molar-refractivity contribution is 0.0762. The van der Waals surface area contributed by atoms with Crippen molar-refractivity contribution in [3.05, 3.63) is 34.6 Å². The van der Waals surface area contributed by atoms with Crippen molar-refractivity contribution in [1.29, 1.82) is 0 Å². The molecule has 0 unspecified atom stereocenters. The van der Waals surface area contributed by atoms with Gasteiger partial charge in [-0.3, -0.25) is 0 Å². The van der Waals surface area contributed by atoms with Crippen molar-refractivity contribution in [2.75, 3.05) is 6.61 Å². The van der Waals surface area contributed by atoms with Gasteiger partial charge >= 0.3 is 0 Å². The van der Waals surface area contributed by atoms with E-state index in [-0.39, 0.29) is 0 Å². The van der Waals surface area contributed by atoms with E-state index in [9.17, 15) is 0 Å².